The molecule has 0 bridgehead atoms. The van der Waals surface area contributed by atoms with E-state index < -0.39 is 5.97 Å². The number of amides is 1. The standard InChI is InChI=1S/C13H14N4O3/c18-12(19)5-8-3-4-17(7-8)13(20)9-1-2-10-11(6-9)15-16-14-10/h1-2,6,8H,3-5,7H2,(H,18,19)(H,14,15,16). The summed E-state index contributed by atoms with van der Waals surface area (Å²) in [6.45, 7) is 1.11. The lowest BCUT2D eigenvalue weighted by Crippen LogP contribution is -2.28. The van der Waals surface area contributed by atoms with E-state index in [1.807, 2.05) is 0 Å². The van der Waals surface area contributed by atoms with Gasteiger partial charge in [-0.25, -0.2) is 0 Å². The van der Waals surface area contributed by atoms with Gasteiger partial charge in [0.1, 0.15) is 11.0 Å². The first-order valence-corrected chi connectivity index (χ1v) is 6.45. The van der Waals surface area contributed by atoms with Crippen LogP contribution in [0.3, 0.4) is 0 Å². The van der Waals surface area contributed by atoms with Crippen LogP contribution >= 0.6 is 0 Å². The molecule has 1 amide bonds. The zero-order chi connectivity index (χ0) is 14.1. The Labute approximate surface area is 114 Å². The minimum atomic E-state index is -0.812. The van der Waals surface area contributed by atoms with Gasteiger partial charge in [0.2, 0.25) is 0 Å². The molecule has 0 aliphatic carbocycles. The average Bonchev–Trinajstić information content (AvgIpc) is 3.04. The molecular weight excluding hydrogens is 260 g/mol. The highest BCUT2D eigenvalue weighted by atomic mass is 16.4. The molecule has 1 atom stereocenters. The summed E-state index contributed by atoms with van der Waals surface area (Å²) in [6, 6.07) is 5.17. The molecule has 104 valence electrons. The second-order valence-electron chi connectivity index (χ2n) is 5.03. The minimum absolute atomic E-state index is 0.0484. The van der Waals surface area contributed by atoms with Crippen LogP contribution in [0.15, 0.2) is 18.2 Å². The minimum Gasteiger partial charge on any atom is -0.481 e. The van der Waals surface area contributed by atoms with Crippen molar-refractivity contribution in [3.63, 3.8) is 0 Å². The van der Waals surface area contributed by atoms with Gasteiger partial charge in [-0.05, 0) is 30.5 Å². The number of likely N-dealkylation sites (tertiary alicyclic amines) is 1. The summed E-state index contributed by atoms with van der Waals surface area (Å²) in [4.78, 5) is 24.8. The third-order valence-corrected chi connectivity index (χ3v) is 3.60. The topological polar surface area (TPSA) is 99.2 Å². The number of H-pyrrole nitrogens is 1. The van der Waals surface area contributed by atoms with E-state index in [1.54, 1.807) is 23.1 Å². The Hall–Kier alpha value is -2.44. The number of hydrogen-bond donors (Lipinski definition) is 2. The molecule has 0 radical (unpaired) electrons. The number of carboxylic acid groups (broad SMARTS) is 1. The Kier molecular flexibility index (Phi) is 3.09. The fourth-order valence-electron chi connectivity index (χ4n) is 2.59. The van der Waals surface area contributed by atoms with Gasteiger partial charge in [-0.15, -0.1) is 0 Å². The lowest BCUT2D eigenvalue weighted by molar-refractivity contribution is -0.138. The van der Waals surface area contributed by atoms with Gasteiger partial charge in [0.15, 0.2) is 0 Å². The predicted octanol–water partition coefficient (Wildman–Crippen LogP) is 0.895. The number of nitrogens with zero attached hydrogens (tertiary/aromatic N) is 3. The lowest BCUT2D eigenvalue weighted by atomic mass is 10.1. The Balaban J connectivity index is 1.74. The zero-order valence-corrected chi connectivity index (χ0v) is 10.7. The number of benzene rings is 1. The van der Waals surface area contributed by atoms with Gasteiger partial charge in [-0.1, -0.05) is 0 Å². The number of carbonyl (C=O) groups excluding carboxylic acids is 1. The molecule has 1 aliphatic rings. The Bertz CT molecular complexity index is 666. The maximum Gasteiger partial charge on any atom is 0.303 e. The van der Waals surface area contributed by atoms with E-state index >= 15 is 0 Å². The van der Waals surface area contributed by atoms with E-state index in [2.05, 4.69) is 15.4 Å². The third-order valence-electron chi connectivity index (χ3n) is 3.60. The number of carboxylic acids is 1. The summed E-state index contributed by atoms with van der Waals surface area (Å²) in [5.41, 5.74) is 1.92. The molecule has 2 aromatic rings. The van der Waals surface area contributed by atoms with E-state index in [1.165, 1.54) is 0 Å². The van der Waals surface area contributed by atoms with Crippen molar-refractivity contribution in [1.82, 2.24) is 20.3 Å². The van der Waals surface area contributed by atoms with Crippen LogP contribution in [-0.4, -0.2) is 50.4 Å². The van der Waals surface area contributed by atoms with Crippen LogP contribution in [0.25, 0.3) is 11.0 Å². The van der Waals surface area contributed by atoms with Crippen LogP contribution in [0.1, 0.15) is 23.2 Å². The van der Waals surface area contributed by atoms with Gasteiger partial charge >= 0.3 is 5.97 Å². The van der Waals surface area contributed by atoms with Gasteiger partial charge < -0.3 is 10.0 Å². The van der Waals surface area contributed by atoms with Crippen molar-refractivity contribution in [3.8, 4) is 0 Å². The lowest BCUT2D eigenvalue weighted by Gasteiger charge is -2.16. The third kappa shape index (κ3) is 2.34. The number of aromatic nitrogens is 3. The molecule has 1 unspecified atom stereocenters. The Morgan fingerprint density at radius 3 is 2.95 bits per heavy atom. The van der Waals surface area contributed by atoms with E-state index in [-0.39, 0.29) is 18.2 Å². The molecule has 20 heavy (non-hydrogen) atoms. The molecule has 7 heteroatoms. The summed E-state index contributed by atoms with van der Waals surface area (Å²) in [7, 11) is 0. The molecule has 1 fully saturated rings. The molecular formula is C13H14N4O3. The van der Waals surface area contributed by atoms with Crippen molar-refractivity contribution in [3.05, 3.63) is 23.8 Å². The molecule has 2 N–H and O–H groups in total. The molecule has 7 nitrogen and oxygen atoms in total. The van der Waals surface area contributed by atoms with Gasteiger partial charge in [-0.2, -0.15) is 15.4 Å². The van der Waals surface area contributed by atoms with Crippen LogP contribution in [0.2, 0.25) is 0 Å². The maximum atomic E-state index is 12.4. The van der Waals surface area contributed by atoms with Crippen LogP contribution in [-0.2, 0) is 4.79 Å². The molecule has 0 spiro atoms. The van der Waals surface area contributed by atoms with Crippen LogP contribution in [0, 0.1) is 5.92 Å². The second-order valence-corrected chi connectivity index (χ2v) is 5.03. The molecule has 1 saturated heterocycles. The number of fused-ring (bicyclic) bond motifs is 1. The molecule has 1 aromatic heterocycles. The molecule has 1 aliphatic heterocycles. The van der Waals surface area contributed by atoms with Gasteiger partial charge in [-0.3, -0.25) is 9.59 Å². The number of carbonyl (C=O) groups is 2. The highest BCUT2D eigenvalue weighted by Crippen LogP contribution is 2.22. The monoisotopic (exact) mass is 274 g/mol. The van der Waals surface area contributed by atoms with Crippen LogP contribution < -0.4 is 0 Å². The fourth-order valence-corrected chi connectivity index (χ4v) is 2.59. The van der Waals surface area contributed by atoms with E-state index in [0.29, 0.717) is 29.7 Å². The van der Waals surface area contributed by atoms with Gasteiger partial charge in [0, 0.05) is 25.1 Å². The van der Waals surface area contributed by atoms with Gasteiger partial charge in [0.25, 0.3) is 5.91 Å². The maximum absolute atomic E-state index is 12.4. The smallest absolute Gasteiger partial charge is 0.303 e. The normalized spacial score (nSPS) is 18.6. The highest BCUT2D eigenvalue weighted by Gasteiger charge is 2.28. The number of rotatable bonds is 3. The van der Waals surface area contributed by atoms with E-state index in [0.717, 1.165) is 6.42 Å². The average molecular weight is 274 g/mol. The quantitative estimate of drug-likeness (QED) is 0.866. The van der Waals surface area contributed by atoms with Crippen molar-refractivity contribution in [2.75, 3.05) is 13.1 Å². The van der Waals surface area contributed by atoms with Gasteiger partial charge in [0.05, 0.1) is 0 Å². The molecule has 1 aromatic carbocycles. The van der Waals surface area contributed by atoms with Crippen molar-refractivity contribution in [2.24, 2.45) is 5.92 Å². The van der Waals surface area contributed by atoms with Crippen molar-refractivity contribution in [2.45, 2.75) is 12.8 Å². The Morgan fingerprint density at radius 1 is 1.35 bits per heavy atom. The zero-order valence-electron chi connectivity index (χ0n) is 10.7. The molecule has 2 heterocycles. The SMILES string of the molecule is O=C(O)CC1CCN(C(=O)c2ccc3n[nH]nc3c2)C1. The summed E-state index contributed by atoms with van der Waals surface area (Å²) in [5.74, 6) is -0.844. The fraction of sp³-hybridized carbons (Fsp3) is 0.385. The highest BCUT2D eigenvalue weighted by molar-refractivity contribution is 5.97. The first-order valence-electron chi connectivity index (χ1n) is 6.45. The second kappa shape index (κ2) is 4.92. The van der Waals surface area contributed by atoms with Crippen LogP contribution in [0.5, 0.6) is 0 Å². The first-order chi connectivity index (χ1) is 9.63. The van der Waals surface area contributed by atoms with E-state index in [9.17, 15) is 9.59 Å². The van der Waals surface area contributed by atoms with Crippen LogP contribution in [0.4, 0.5) is 0 Å². The summed E-state index contributed by atoms with van der Waals surface area (Å²) in [6.07, 6.45) is 0.857. The predicted molar refractivity (Wildman–Crippen MR) is 70.2 cm³/mol. The number of aliphatic carboxylic acids is 1. The summed E-state index contributed by atoms with van der Waals surface area (Å²) >= 11 is 0. The number of nitrogens with one attached hydrogen (secondary N) is 1. The largest absolute Gasteiger partial charge is 0.481 e. The summed E-state index contributed by atoms with van der Waals surface area (Å²) in [5, 5.41) is 19.2. The number of hydrogen-bond acceptors (Lipinski definition) is 4. The van der Waals surface area contributed by atoms with Crippen molar-refractivity contribution < 1.29 is 14.7 Å². The molecule has 0 saturated carbocycles. The first kappa shape index (κ1) is 12.6. The Morgan fingerprint density at radius 2 is 2.15 bits per heavy atom. The van der Waals surface area contributed by atoms with Crippen molar-refractivity contribution >= 4 is 22.9 Å². The molecule has 3 rings (SSSR count). The van der Waals surface area contributed by atoms with E-state index in [4.69, 9.17) is 5.11 Å². The summed E-state index contributed by atoms with van der Waals surface area (Å²) < 4.78 is 0. The number of aromatic amines is 1. The van der Waals surface area contributed by atoms with Crippen molar-refractivity contribution in [1.29, 1.82) is 0 Å².